The number of nitrogens with zero attached hydrogens (tertiary/aromatic N) is 2. The van der Waals surface area contributed by atoms with E-state index in [0.717, 1.165) is 44.9 Å². The number of para-hydroxylation sites is 1. The molecule has 0 aliphatic carbocycles. The van der Waals surface area contributed by atoms with Crippen LogP contribution >= 0.6 is 0 Å². The third-order valence-corrected chi connectivity index (χ3v) is 3.70. The molecule has 1 aliphatic heterocycles. The predicted octanol–water partition coefficient (Wildman–Crippen LogP) is 1.62. The zero-order valence-electron chi connectivity index (χ0n) is 12.2. The van der Waals surface area contributed by atoms with Gasteiger partial charge in [-0.25, -0.2) is 4.79 Å². The monoisotopic (exact) mass is 278 g/mol. The topological polar surface area (TPSA) is 42.0 Å². The van der Waals surface area contributed by atoms with Gasteiger partial charge in [0.25, 0.3) is 0 Å². The molecule has 0 aromatic heterocycles. The fourth-order valence-corrected chi connectivity index (χ4v) is 2.47. The van der Waals surface area contributed by atoms with E-state index in [0.29, 0.717) is 0 Å². The second kappa shape index (κ2) is 7.14. The first-order chi connectivity index (χ1) is 9.74. The van der Waals surface area contributed by atoms with Gasteiger partial charge in [-0.2, -0.15) is 0 Å². The van der Waals surface area contributed by atoms with Crippen molar-refractivity contribution in [2.24, 2.45) is 0 Å². The number of ether oxygens (including phenoxy) is 2. The van der Waals surface area contributed by atoms with Crippen LogP contribution in [0.5, 0.6) is 5.75 Å². The quantitative estimate of drug-likeness (QED) is 0.839. The van der Waals surface area contributed by atoms with Crippen molar-refractivity contribution in [3.8, 4) is 5.75 Å². The molecule has 0 spiro atoms. The summed E-state index contributed by atoms with van der Waals surface area (Å²) in [7, 11) is 3.13. The van der Waals surface area contributed by atoms with Gasteiger partial charge in [0.2, 0.25) is 0 Å². The summed E-state index contributed by atoms with van der Waals surface area (Å²) in [5.41, 5.74) is 1.23. The zero-order chi connectivity index (χ0) is 14.4. The Morgan fingerprint density at radius 2 is 1.85 bits per heavy atom. The normalized spacial score (nSPS) is 16.0. The van der Waals surface area contributed by atoms with Crippen molar-refractivity contribution < 1.29 is 14.3 Å². The standard InChI is InChI=1S/C15H22N2O3/c1-19-14-6-4-3-5-13(14)7-8-16-9-11-17(12-10-16)15(18)20-2/h3-6H,7-12H2,1-2H3. The summed E-state index contributed by atoms with van der Waals surface area (Å²) in [6, 6.07) is 8.11. The van der Waals surface area contributed by atoms with E-state index in [-0.39, 0.29) is 6.09 Å². The molecule has 20 heavy (non-hydrogen) atoms. The molecule has 5 heteroatoms. The van der Waals surface area contributed by atoms with Crippen molar-refractivity contribution in [3.05, 3.63) is 29.8 Å². The van der Waals surface area contributed by atoms with Crippen LogP contribution < -0.4 is 4.74 Å². The van der Waals surface area contributed by atoms with Gasteiger partial charge in [0.1, 0.15) is 5.75 Å². The molecular formula is C15H22N2O3. The summed E-state index contributed by atoms with van der Waals surface area (Å²) in [6.07, 6.45) is 0.733. The molecule has 1 aromatic carbocycles. The Labute approximate surface area is 120 Å². The van der Waals surface area contributed by atoms with E-state index in [1.165, 1.54) is 12.7 Å². The zero-order valence-corrected chi connectivity index (χ0v) is 12.2. The summed E-state index contributed by atoms with van der Waals surface area (Å²) in [5.74, 6) is 0.945. The first kappa shape index (κ1) is 14.7. The lowest BCUT2D eigenvalue weighted by Gasteiger charge is -2.33. The molecule has 0 saturated carbocycles. The van der Waals surface area contributed by atoms with E-state index in [1.807, 2.05) is 18.2 Å². The number of carbonyl (C=O) groups excluding carboxylic acids is 1. The van der Waals surface area contributed by atoms with Crippen LogP contribution in [0.2, 0.25) is 0 Å². The summed E-state index contributed by atoms with van der Waals surface area (Å²) in [6.45, 7) is 4.24. The second-order valence-corrected chi connectivity index (χ2v) is 4.86. The largest absolute Gasteiger partial charge is 0.496 e. The van der Waals surface area contributed by atoms with E-state index in [1.54, 1.807) is 12.0 Å². The van der Waals surface area contributed by atoms with Gasteiger partial charge in [0.15, 0.2) is 0 Å². The fourth-order valence-electron chi connectivity index (χ4n) is 2.47. The van der Waals surface area contributed by atoms with Gasteiger partial charge >= 0.3 is 6.09 Å². The van der Waals surface area contributed by atoms with E-state index in [2.05, 4.69) is 11.0 Å². The van der Waals surface area contributed by atoms with Crippen LogP contribution in [0.25, 0.3) is 0 Å². The maximum absolute atomic E-state index is 11.4. The molecule has 0 bridgehead atoms. The molecule has 0 unspecified atom stereocenters. The van der Waals surface area contributed by atoms with Crippen molar-refractivity contribution in [1.29, 1.82) is 0 Å². The van der Waals surface area contributed by atoms with Crippen molar-refractivity contribution in [2.75, 3.05) is 46.9 Å². The van der Waals surface area contributed by atoms with Crippen LogP contribution in [-0.2, 0) is 11.2 Å². The van der Waals surface area contributed by atoms with Gasteiger partial charge in [-0.1, -0.05) is 18.2 Å². The molecule has 2 rings (SSSR count). The van der Waals surface area contributed by atoms with E-state index >= 15 is 0 Å². The molecular weight excluding hydrogens is 256 g/mol. The highest BCUT2D eigenvalue weighted by atomic mass is 16.5. The molecule has 5 nitrogen and oxygen atoms in total. The number of benzene rings is 1. The molecule has 110 valence electrons. The minimum atomic E-state index is -0.227. The lowest BCUT2D eigenvalue weighted by molar-refractivity contribution is 0.0914. The van der Waals surface area contributed by atoms with Crippen LogP contribution in [0.4, 0.5) is 4.79 Å². The maximum atomic E-state index is 11.4. The Morgan fingerprint density at radius 3 is 2.50 bits per heavy atom. The minimum absolute atomic E-state index is 0.227. The Balaban J connectivity index is 1.80. The van der Waals surface area contributed by atoms with Crippen LogP contribution in [-0.4, -0.2) is 62.8 Å². The highest BCUT2D eigenvalue weighted by molar-refractivity contribution is 5.67. The molecule has 0 N–H and O–H groups in total. The van der Waals surface area contributed by atoms with Gasteiger partial charge in [0.05, 0.1) is 14.2 Å². The smallest absolute Gasteiger partial charge is 0.409 e. The van der Waals surface area contributed by atoms with Crippen LogP contribution in [0.15, 0.2) is 24.3 Å². The molecule has 0 atom stereocenters. The Kier molecular flexibility index (Phi) is 5.24. The van der Waals surface area contributed by atoms with Crippen molar-refractivity contribution in [2.45, 2.75) is 6.42 Å². The number of rotatable bonds is 4. The number of hydrogen-bond acceptors (Lipinski definition) is 4. The van der Waals surface area contributed by atoms with Crippen LogP contribution in [0.1, 0.15) is 5.56 Å². The summed E-state index contributed by atoms with van der Waals surface area (Å²) >= 11 is 0. The number of hydrogen-bond donors (Lipinski definition) is 0. The van der Waals surface area contributed by atoms with E-state index in [4.69, 9.17) is 9.47 Å². The maximum Gasteiger partial charge on any atom is 0.409 e. The highest BCUT2D eigenvalue weighted by Gasteiger charge is 2.21. The third-order valence-electron chi connectivity index (χ3n) is 3.70. The lowest BCUT2D eigenvalue weighted by Crippen LogP contribution is -2.49. The highest BCUT2D eigenvalue weighted by Crippen LogP contribution is 2.18. The van der Waals surface area contributed by atoms with E-state index < -0.39 is 0 Å². The molecule has 1 aliphatic rings. The average molecular weight is 278 g/mol. The fraction of sp³-hybridized carbons (Fsp3) is 0.533. The Bertz CT molecular complexity index is 442. The van der Waals surface area contributed by atoms with Gasteiger partial charge in [-0.15, -0.1) is 0 Å². The summed E-state index contributed by atoms with van der Waals surface area (Å²) < 4.78 is 10.1. The van der Waals surface area contributed by atoms with Gasteiger partial charge in [0, 0.05) is 32.7 Å². The average Bonchev–Trinajstić information content (AvgIpc) is 2.53. The Hall–Kier alpha value is -1.75. The van der Waals surface area contributed by atoms with Gasteiger partial charge in [-0.05, 0) is 18.1 Å². The lowest BCUT2D eigenvalue weighted by atomic mass is 10.1. The molecule has 1 amide bonds. The number of amides is 1. The molecule has 1 fully saturated rings. The molecule has 1 saturated heterocycles. The van der Waals surface area contributed by atoms with Crippen molar-refractivity contribution >= 4 is 6.09 Å². The van der Waals surface area contributed by atoms with Gasteiger partial charge in [-0.3, -0.25) is 4.90 Å². The number of piperazine rings is 1. The molecule has 0 radical (unpaired) electrons. The number of carbonyl (C=O) groups is 1. The molecule has 1 heterocycles. The van der Waals surface area contributed by atoms with Crippen molar-refractivity contribution in [3.63, 3.8) is 0 Å². The second-order valence-electron chi connectivity index (χ2n) is 4.86. The third kappa shape index (κ3) is 3.63. The first-order valence-electron chi connectivity index (χ1n) is 6.91. The van der Waals surface area contributed by atoms with Crippen LogP contribution in [0, 0.1) is 0 Å². The summed E-state index contributed by atoms with van der Waals surface area (Å²) in [5, 5.41) is 0. The minimum Gasteiger partial charge on any atom is -0.496 e. The first-order valence-corrected chi connectivity index (χ1v) is 6.91. The SMILES string of the molecule is COC(=O)N1CCN(CCc2ccccc2OC)CC1. The van der Waals surface area contributed by atoms with Gasteiger partial charge < -0.3 is 14.4 Å². The molecule has 1 aromatic rings. The summed E-state index contributed by atoms with van der Waals surface area (Å²) in [4.78, 5) is 15.5. The van der Waals surface area contributed by atoms with Crippen LogP contribution in [0.3, 0.4) is 0 Å². The Morgan fingerprint density at radius 1 is 1.15 bits per heavy atom. The predicted molar refractivity (Wildman–Crippen MR) is 77.1 cm³/mol. The van der Waals surface area contributed by atoms with E-state index in [9.17, 15) is 4.79 Å². The van der Waals surface area contributed by atoms with Crippen molar-refractivity contribution in [1.82, 2.24) is 9.80 Å². The number of methoxy groups -OCH3 is 2.